The Balaban J connectivity index is 1.52. The quantitative estimate of drug-likeness (QED) is 0.0683. The molecule has 0 spiro atoms. The van der Waals surface area contributed by atoms with E-state index in [-0.39, 0.29) is 31.6 Å². The number of ether oxygens (including phenoxy) is 5. The van der Waals surface area contributed by atoms with Gasteiger partial charge in [-0.15, -0.1) is 0 Å². The number of amidine groups is 1. The number of aliphatic hydroxyl groups excluding tert-OH is 9. The molecule has 5 amide bonds. The average Bonchev–Trinajstić information content (AvgIpc) is 3.60. The molecular formula is C30H52N8O18. The number of aliphatic hydroxyl groups is 9. The van der Waals surface area contributed by atoms with E-state index in [1.165, 1.54) is 0 Å². The second kappa shape index (κ2) is 19.7. The van der Waals surface area contributed by atoms with Crippen molar-refractivity contribution < 1.29 is 88.8 Å². The number of urea groups is 1. The van der Waals surface area contributed by atoms with Crippen LogP contribution < -0.4 is 38.9 Å². The summed E-state index contributed by atoms with van der Waals surface area (Å²) in [6.45, 7) is -1.76. The Bertz CT molecular complexity index is 1400. The summed E-state index contributed by atoms with van der Waals surface area (Å²) in [6.07, 6.45) is -27.5. The molecular weight excluding hydrogens is 760 g/mol. The van der Waals surface area contributed by atoms with Gasteiger partial charge in [-0.2, -0.15) is 0 Å². The Morgan fingerprint density at radius 1 is 0.768 bits per heavy atom. The van der Waals surface area contributed by atoms with E-state index in [0.29, 0.717) is 6.42 Å². The molecule has 3 heterocycles. The monoisotopic (exact) mass is 812 g/mol. The van der Waals surface area contributed by atoms with E-state index in [1.54, 1.807) is 0 Å². The summed E-state index contributed by atoms with van der Waals surface area (Å²) < 4.78 is 27.7. The van der Waals surface area contributed by atoms with Crippen molar-refractivity contribution in [3.63, 3.8) is 0 Å². The first-order valence-corrected chi connectivity index (χ1v) is 17.7. The zero-order chi connectivity index (χ0) is 41.6. The highest BCUT2D eigenvalue weighted by Gasteiger charge is 2.57. The molecule has 56 heavy (non-hydrogen) atoms. The van der Waals surface area contributed by atoms with Gasteiger partial charge in [0.1, 0.15) is 79.2 Å². The fourth-order valence-electron chi connectivity index (χ4n) is 6.80. The van der Waals surface area contributed by atoms with Crippen LogP contribution in [0.5, 0.6) is 0 Å². The summed E-state index contributed by atoms with van der Waals surface area (Å²) in [4.78, 5) is 52.5. The van der Waals surface area contributed by atoms with E-state index < -0.39 is 147 Å². The molecule has 1 aliphatic carbocycles. The molecule has 0 aromatic rings. The van der Waals surface area contributed by atoms with Gasteiger partial charge in [0.15, 0.2) is 18.7 Å². The average molecular weight is 813 g/mol. The third-order valence-corrected chi connectivity index (χ3v) is 9.86. The Labute approximate surface area is 318 Å². The van der Waals surface area contributed by atoms with Crippen LogP contribution >= 0.6 is 0 Å². The zero-order valence-corrected chi connectivity index (χ0v) is 29.8. The molecule has 0 radical (unpaired) electrons. The minimum absolute atomic E-state index is 0.0206. The fourth-order valence-corrected chi connectivity index (χ4v) is 6.80. The molecule has 0 aromatic carbocycles. The number of carbonyl (C=O) groups is 4. The van der Waals surface area contributed by atoms with Crippen LogP contribution in [0.3, 0.4) is 0 Å². The Hall–Kier alpha value is -3.61. The molecule has 26 nitrogen and oxygen atoms in total. The summed E-state index contributed by atoms with van der Waals surface area (Å²) in [7, 11) is 0. The summed E-state index contributed by atoms with van der Waals surface area (Å²) in [6, 6.07) is -6.36. The molecule has 3 fully saturated rings. The molecule has 2 saturated heterocycles. The molecule has 320 valence electrons. The number of carbonyl (C=O) groups excluding carboxylic acids is 4. The molecule has 4 aliphatic rings. The molecule has 18 atom stereocenters. The van der Waals surface area contributed by atoms with Crippen molar-refractivity contribution in [2.75, 3.05) is 19.8 Å². The predicted molar refractivity (Wildman–Crippen MR) is 181 cm³/mol. The number of rotatable bonds is 15. The molecule has 26 heteroatoms. The zero-order valence-electron chi connectivity index (χ0n) is 29.8. The van der Waals surface area contributed by atoms with Gasteiger partial charge >= 0.3 is 12.1 Å². The van der Waals surface area contributed by atoms with Crippen molar-refractivity contribution >= 4 is 29.8 Å². The highest BCUT2D eigenvalue weighted by atomic mass is 16.7. The first-order chi connectivity index (χ1) is 26.4. The molecule has 4 rings (SSSR count). The van der Waals surface area contributed by atoms with Crippen LogP contribution in [0.15, 0.2) is 4.99 Å². The fraction of sp³-hybridized carbons (Fsp3) is 0.833. The molecule has 3 aliphatic heterocycles. The standard InChI is InChI=1S/C30H52N8O18/c31-8(2-1-5-35-29(33)50)25(48)38-14-17(43)15(41)10(6-39)52-27(14)54-22-11(7-40)53-28(21(47)20(22)46)55-23-18(44)13(16(42)19(45)24(23)56-30(34)51)37-26(49)9-3-4-12(32)36-9/h8-11,13-24,27-28,39-47H,1-7,31H2,(H2,32,36)(H2,34,51)(H,37,49)(H,38,48)(H3,33,35,50)/t8-,9-,10-,11-,13-,14+,15+,16+,17+,18+,19+,20+,21+,22+,23+,24+,27+,28+/m0/s1. The summed E-state index contributed by atoms with van der Waals surface area (Å²) in [5.41, 5.74) is 21.8. The first-order valence-electron chi connectivity index (χ1n) is 17.7. The number of aliphatic imine (C=N–C) groups is 1. The van der Waals surface area contributed by atoms with Gasteiger partial charge in [-0.05, 0) is 19.3 Å². The van der Waals surface area contributed by atoms with E-state index >= 15 is 0 Å². The van der Waals surface area contributed by atoms with Crippen LogP contribution in [0.4, 0.5) is 9.59 Å². The molecule has 0 bridgehead atoms. The van der Waals surface area contributed by atoms with Crippen molar-refractivity contribution in [3.8, 4) is 0 Å². The van der Waals surface area contributed by atoms with E-state index in [0.717, 1.165) is 0 Å². The topological polar surface area (TPSA) is 449 Å². The van der Waals surface area contributed by atoms with Crippen molar-refractivity contribution in [3.05, 3.63) is 0 Å². The van der Waals surface area contributed by atoms with Crippen molar-refractivity contribution in [1.29, 1.82) is 0 Å². The molecule has 0 aromatic heterocycles. The van der Waals surface area contributed by atoms with Gasteiger partial charge in [-0.1, -0.05) is 0 Å². The Kier molecular flexibility index (Phi) is 15.9. The molecule has 0 unspecified atom stereocenters. The summed E-state index contributed by atoms with van der Waals surface area (Å²) in [5.74, 6) is -1.48. The molecule has 20 N–H and O–H groups in total. The first kappa shape index (κ1) is 45.1. The van der Waals surface area contributed by atoms with E-state index in [2.05, 4.69) is 20.9 Å². The van der Waals surface area contributed by atoms with Gasteiger partial charge in [0.05, 0.1) is 31.1 Å². The largest absolute Gasteiger partial charge is 0.441 e. The van der Waals surface area contributed by atoms with Crippen molar-refractivity contribution in [2.45, 2.75) is 136 Å². The number of nitrogens with one attached hydrogen (secondary N) is 3. The van der Waals surface area contributed by atoms with Crippen LogP contribution in [0.2, 0.25) is 0 Å². The SMILES string of the molecule is NC(=O)NCCC[C@H](N)C(=O)N[C@H]1[C@@H](O[C@H]2[C@H](O)[C@@H](O)[C@@H](O[C@@H]3[C@H](O)[C@@H](NC(=O)[C@@H]4CCC(N)=N4)[C@@H](O)[C@@H](O)[C@H]3OC(N)=O)O[C@H]2CO)O[C@@H](CO)[C@@H](O)[C@@H]1O. The van der Waals surface area contributed by atoms with Crippen molar-refractivity contribution in [1.82, 2.24) is 16.0 Å². The minimum atomic E-state index is -2.17. The predicted octanol–water partition coefficient (Wildman–Crippen LogP) is -9.54. The van der Waals surface area contributed by atoms with Gasteiger partial charge in [0.25, 0.3) is 0 Å². The van der Waals surface area contributed by atoms with E-state index in [4.69, 9.17) is 46.6 Å². The number of nitrogens with zero attached hydrogens (tertiary/aromatic N) is 1. The van der Waals surface area contributed by atoms with Gasteiger partial charge in [-0.25, -0.2) is 9.59 Å². The Morgan fingerprint density at radius 3 is 1.96 bits per heavy atom. The number of nitrogens with two attached hydrogens (primary N) is 4. The number of amides is 5. The maximum Gasteiger partial charge on any atom is 0.404 e. The third kappa shape index (κ3) is 10.5. The third-order valence-electron chi connectivity index (χ3n) is 9.86. The van der Waals surface area contributed by atoms with Crippen LogP contribution in [-0.2, 0) is 33.3 Å². The van der Waals surface area contributed by atoms with Crippen molar-refractivity contribution in [2.24, 2.45) is 27.9 Å². The maximum atomic E-state index is 13.0. The van der Waals surface area contributed by atoms with Crippen LogP contribution in [0, 0.1) is 0 Å². The van der Waals surface area contributed by atoms with Gasteiger partial charge < -0.3 is 109 Å². The highest BCUT2D eigenvalue weighted by Crippen LogP contribution is 2.33. The lowest BCUT2D eigenvalue weighted by Gasteiger charge is -2.49. The van der Waals surface area contributed by atoms with E-state index in [9.17, 15) is 65.1 Å². The smallest absolute Gasteiger partial charge is 0.404 e. The lowest BCUT2D eigenvalue weighted by atomic mass is 9.82. The number of hydrogen-bond acceptors (Lipinski definition) is 21. The normalized spacial score (nSPS) is 40.5. The lowest BCUT2D eigenvalue weighted by Crippen LogP contribution is -2.72. The Morgan fingerprint density at radius 2 is 1.38 bits per heavy atom. The number of hydrogen-bond donors (Lipinski definition) is 16. The van der Waals surface area contributed by atoms with Crippen LogP contribution in [0.1, 0.15) is 25.7 Å². The van der Waals surface area contributed by atoms with Crippen LogP contribution in [-0.4, -0.2) is 205 Å². The maximum absolute atomic E-state index is 13.0. The van der Waals surface area contributed by atoms with E-state index in [1.807, 2.05) is 0 Å². The number of primary amides is 2. The summed E-state index contributed by atoms with van der Waals surface area (Å²) in [5, 5.41) is 104. The lowest BCUT2D eigenvalue weighted by molar-refractivity contribution is -0.361. The van der Waals surface area contributed by atoms with Gasteiger partial charge in [-0.3, -0.25) is 14.6 Å². The van der Waals surface area contributed by atoms with Gasteiger partial charge in [0, 0.05) is 13.0 Å². The second-order valence-electron chi connectivity index (χ2n) is 13.8. The second-order valence-corrected chi connectivity index (χ2v) is 13.8. The minimum Gasteiger partial charge on any atom is -0.441 e. The van der Waals surface area contributed by atoms with Crippen LogP contribution in [0.25, 0.3) is 0 Å². The van der Waals surface area contributed by atoms with Gasteiger partial charge in [0.2, 0.25) is 11.8 Å². The molecule has 1 saturated carbocycles. The highest BCUT2D eigenvalue weighted by molar-refractivity contribution is 5.91. The summed E-state index contributed by atoms with van der Waals surface area (Å²) >= 11 is 0.